The van der Waals surface area contributed by atoms with Crippen molar-refractivity contribution in [3.05, 3.63) is 0 Å². The van der Waals surface area contributed by atoms with Crippen LogP contribution in [-0.4, -0.2) is 48.1 Å². The van der Waals surface area contributed by atoms with Gasteiger partial charge < -0.3 is 4.90 Å². The average Bonchev–Trinajstić information content (AvgIpc) is 2.24. The molecule has 1 saturated heterocycles. The molecule has 0 N–H and O–H groups in total. The first kappa shape index (κ1) is 13.5. The predicted octanol–water partition coefficient (Wildman–Crippen LogP) is 2.10. The van der Waals surface area contributed by atoms with Crippen LogP contribution in [0.15, 0.2) is 0 Å². The first-order valence-corrected chi connectivity index (χ1v) is 6.38. The Balaban J connectivity index is 2.15. The molecule has 1 aliphatic rings. The molecule has 0 unspecified atom stereocenters. The van der Waals surface area contributed by atoms with Crippen LogP contribution in [0.5, 0.6) is 0 Å². The number of nitriles is 1. The summed E-state index contributed by atoms with van der Waals surface area (Å²) in [5, 5.41) is 8.46. The molecular formula is C13H25N3. The smallest absolute Gasteiger partial charge is 0.0621 e. The van der Waals surface area contributed by atoms with Crippen LogP contribution in [0.25, 0.3) is 0 Å². The van der Waals surface area contributed by atoms with E-state index < -0.39 is 0 Å². The Morgan fingerprint density at radius 1 is 1.06 bits per heavy atom. The van der Waals surface area contributed by atoms with Crippen LogP contribution in [0.4, 0.5) is 0 Å². The van der Waals surface area contributed by atoms with Crippen LogP contribution >= 0.6 is 0 Å². The van der Waals surface area contributed by atoms with Crippen molar-refractivity contribution in [3.63, 3.8) is 0 Å². The highest BCUT2D eigenvalue weighted by Gasteiger charge is 2.25. The van der Waals surface area contributed by atoms with Crippen LogP contribution < -0.4 is 0 Å². The number of rotatable bonds is 4. The highest BCUT2D eigenvalue weighted by molar-refractivity contribution is 4.81. The van der Waals surface area contributed by atoms with E-state index in [1.54, 1.807) is 0 Å². The van der Waals surface area contributed by atoms with Gasteiger partial charge in [0.05, 0.1) is 6.07 Å². The summed E-state index contributed by atoms with van der Waals surface area (Å²) in [6, 6.07) is 2.21. The van der Waals surface area contributed by atoms with E-state index >= 15 is 0 Å². The van der Waals surface area contributed by atoms with Gasteiger partial charge in [-0.15, -0.1) is 0 Å². The maximum Gasteiger partial charge on any atom is 0.0621 e. The highest BCUT2D eigenvalue weighted by Crippen LogP contribution is 2.15. The summed E-state index contributed by atoms with van der Waals surface area (Å²) in [6.45, 7) is 12.8. The molecule has 0 spiro atoms. The van der Waals surface area contributed by atoms with Crippen LogP contribution in [0.1, 0.15) is 40.0 Å². The van der Waals surface area contributed by atoms with Gasteiger partial charge in [0.1, 0.15) is 0 Å². The average molecular weight is 223 g/mol. The van der Waals surface area contributed by atoms with Gasteiger partial charge in [0.25, 0.3) is 0 Å². The summed E-state index contributed by atoms with van der Waals surface area (Å²) in [5.74, 6) is 0. The second-order valence-corrected chi connectivity index (χ2v) is 5.61. The standard InChI is InChI=1S/C13H25N3/c1-13(2,3)16-11-9-15(10-12-16)8-6-4-5-7-14/h4-6,8-12H2,1-3H3. The van der Waals surface area contributed by atoms with Crippen molar-refractivity contribution in [3.8, 4) is 6.07 Å². The summed E-state index contributed by atoms with van der Waals surface area (Å²) in [7, 11) is 0. The Morgan fingerprint density at radius 3 is 2.19 bits per heavy atom. The molecule has 0 bridgehead atoms. The summed E-state index contributed by atoms with van der Waals surface area (Å²) in [4.78, 5) is 5.08. The molecule has 0 aromatic rings. The van der Waals surface area contributed by atoms with Gasteiger partial charge >= 0.3 is 0 Å². The molecule has 1 rings (SSSR count). The van der Waals surface area contributed by atoms with Crippen LogP contribution in [0.2, 0.25) is 0 Å². The molecule has 0 amide bonds. The fourth-order valence-electron chi connectivity index (χ4n) is 2.18. The van der Waals surface area contributed by atoms with Gasteiger partial charge in [-0.2, -0.15) is 5.26 Å². The van der Waals surface area contributed by atoms with Gasteiger partial charge in [0.2, 0.25) is 0 Å². The third kappa shape index (κ3) is 4.51. The summed E-state index contributed by atoms with van der Waals surface area (Å²) in [6.07, 6.45) is 2.93. The Kier molecular flexibility index (Phi) is 5.24. The third-order valence-electron chi connectivity index (χ3n) is 3.33. The fraction of sp³-hybridized carbons (Fsp3) is 0.923. The summed E-state index contributed by atoms with van der Waals surface area (Å²) >= 11 is 0. The van der Waals surface area contributed by atoms with E-state index in [9.17, 15) is 0 Å². The lowest BCUT2D eigenvalue weighted by atomic mass is 10.0. The zero-order valence-corrected chi connectivity index (χ0v) is 11.0. The van der Waals surface area contributed by atoms with E-state index in [4.69, 9.17) is 5.26 Å². The largest absolute Gasteiger partial charge is 0.301 e. The van der Waals surface area contributed by atoms with Crippen molar-refractivity contribution in [2.75, 3.05) is 32.7 Å². The summed E-state index contributed by atoms with van der Waals surface area (Å²) < 4.78 is 0. The molecule has 0 atom stereocenters. The molecule has 3 nitrogen and oxygen atoms in total. The lowest BCUT2D eigenvalue weighted by Gasteiger charge is -2.42. The fourth-order valence-corrected chi connectivity index (χ4v) is 2.18. The maximum absolute atomic E-state index is 8.46. The van der Waals surface area contributed by atoms with Gasteiger partial charge in [-0.25, -0.2) is 0 Å². The molecular weight excluding hydrogens is 198 g/mol. The zero-order valence-electron chi connectivity index (χ0n) is 11.0. The van der Waals surface area contributed by atoms with Crippen LogP contribution in [0.3, 0.4) is 0 Å². The van der Waals surface area contributed by atoms with Crippen molar-refractivity contribution >= 4 is 0 Å². The molecule has 1 aliphatic heterocycles. The normalized spacial score (nSPS) is 19.6. The predicted molar refractivity (Wildman–Crippen MR) is 67.2 cm³/mol. The Bertz CT molecular complexity index is 229. The Hall–Kier alpha value is -0.590. The van der Waals surface area contributed by atoms with Gasteiger partial charge in [-0.3, -0.25) is 4.90 Å². The van der Waals surface area contributed by atoms with Crippen molar-refractivity contribution in [2.24, 2.45) is 0 Å². The maximum atomic E-state index is 8.46. The molecule has 0 aromatic heterocycles. The SMILES string of the molecule is CC(C)(C)N1CCN(CCCCC#N)CC1. The minimum Gasteiger partial charge on any atom is -0.301 e. The monoisotopic (exact) mass is 223 g/mol. The van der Waals surface area contributed by atoms with Crippen LogP contribution in [0, 0.1) is 11.3 Å². The molecule has 0 aliphatic carbocycles. The quantitative estimate of drug-likeness (QED) is 0.684. The van der Waals surface area contributed by atoms with E-state index in [-0.39, 0.29) is 0 Å². The van der Waals surface area contributed by atoms with Gasteiger partial charge in [-0.1, -0.05) is 0 Å². The van der Waals surface area contributed by atoms with Crippen molar-refractivity contribution in [1.29, 1.82) is 5.26 Å². The van der Waals surface area contributed by atoms with E-state index in [1.165, 1.54) is 39.1 Å². The first-order valence-electron chi connectivity index (χ1n) is 6.38. The second-order valence-electron chi connectivity index (χ2n) is 5.61. The van der Waals surface area contributed by atoms with Gasteiger partial charge in [0, 0.05) is 38.1 Å². The topological polar surface area (TPSA) is 30.3 Å². The van der Waals surface area contributed by atoms with E-state index in [2.05, 4.69) is 36.6 Å². The highest BCUT2D eigenvalue weighted by atomic mass is 15.3. The van der Waals surface area contributed by atoms with Crippen molar-refractivity contribution < 1.29 is 0 Å². The van der Waals surface area contributed by atoms with E-state index in [1.807, 2.05) is 0 Å². The lowest BCUT2D eigenvalue weighted by molar-refractivity contribution is 0.0617. The number of hydrogen-bond acceptors (Lipinski definition) is 3. The van der Waals surface area contributed by atoms with E-state index in [0.717, 1.165) is 6.42 Å². The number of hydrogen-bond donors (Lipinski definition) is 0. The minimum absolute atomic E-state index is 0.312. The Labute approximate surface area is 100 Å². The molecule has 1 fully saturated rings. The number of piperazine rings is 1. The molecule has 92 valence electrons. The minimum atomic E-state index is 0.312. The van der Waals surface area contributed by atoms with E-state index in [0.29, 0.717) is 12.0 Å². The molecule has 3 heteroatoms. The molecule has 0 aromatic carbocycles. The zero-order chi connectivity index (χ0) is 12.0. The molecule has 0 radical (unpaired) electrons. The molecule has 16 heavy (non-hydrogen) atoms. The molecule has 0 saturated carbocycles. The van der Waals surface area contributed by atoms with Gasteiger partial charge in [0.15, 0.2) is 0 Å². The molecule has 1 heterocycles. The van der Waals surface area contributed by atoms with Gasteiger partial charge in [-0.05, 0) is 40.2 Å². The summed E-state index contributed by atoms with van der Waals surface area (Å²) in [5.41, 5.74) is 0.312. The van der Waals surface area contributed by atoms with Crippen molar-refractivity contribution in [2.45, 2.75) is 45.6 Å². The number of nitrogens with zero attached hydrogens (tertiary/aromatic N) is 3. The lowest BCUT2D eigenvalue weighted by Crippen LogP contribution is -2.53. The second kappa shape index (κ2) is 6.22. The third-order valence-corrected chi connectivity index (χ3v) is 3.33. The Morgan fingerprint density at radius 2 is 1.69 bits per heavy atom. The van der Waals surface area contributed by atoms with Crippen LogP contribution in [-0.2, 0) is 0 Å². The van der Waals surface area contributed by atoms with Crippen molar-refractivity contribution in [1.82, 2.24) is 9.80 Å². The number of unbranched alkanes of at least 4 members (excludes halogenated alkanes) is 2. The first-order chi connectivity index (χ1) is 7.54.